The van der Waals surface area contributed by atoms with Crippen molar-refractivity contribution in [2.24, 2.45) is 5.92 Å². The molecule has 112 valence electrons. The fourth-order valence-corrected chi connectivity index (χ4v) is 4.27. The molecule has 0 saturated heterocycles. The lowest BCUT2D eigenvalue weighted by Gasteiger charge is -2.24. The minimum Gasteiger partial charge on any atom is -0.508 e. The van der Waals surface area contributed by atoms with Gasteiger partial charge in [-0.25, -0.2) is 12.7 Å². The fraction of sp³-hybridized carbons (Fsp3) is 0.600. The molecule has 1 saturated carbocycles. The summed E-state index contributed by atoms with van der Waals surface area (Å²) in [6.45, 7) is 0.356. The molecule has 4 nitrogen and oxygen atoms in total. The van der Waals surface area contributed by atoms with E-state index in [1.807, 2.05) is 0 Å². The van der Waals surface area contributed by atoms with Crippen molar-refractivity contribution in [3.8, 4) is 5.75 Å². The highest BCUT2D eigenvalue weighted by molar-refractivity contribution is 7.89. The van der Waals surface area contributed by atoms with Crippen molar-refractivity contribution in [3.63, 3.8) is 0 Å². The third kappa shape index (κ3) is 4.21. The largest absolute Gasteiger partial charge is 0.508 e. The van der Waals surface area contributed by atoms with Gasteiger partial charge in [0.2, 0.25) is 10.0 Å². The molecule has 1 N–H and O–H groups in total. The van der Waals surface area contributed by atoms with E-state index in [4.69, 9.17) is 0 Å². The number of aromatic hydroxyl groups is 1. The Morgan fingerprint density at radius 1 is 1.15 bits per heavy atom. The van der Waals surface area contributed by atoms with Crippen LogP contribution in [0.15, 0.2) is 24.3 Å². The Balaban J connectivity index is 1.95. The van der Waals surface area contributed by atoms with Gasteiger partial charge in [-0.2, -0.15) is 0 Å². The fourth-order valence-electron chi connectivity index (χ4n) is 2.74. The SMILES string of the molecule is CN(Cc1ccc(O)cc1)S(=O)(=O)CC1CCCCC1. The Morgan fingerprint density at radius 3 is 2.35 bits per heavy atom. The zero-order chi connectivity index (χ0) is 14.6. The van der Waals surface area contributed by atoms with Gasteiger partial charge in [0.05, 0.1) is 5.75 Å². The number of sulfonamides is 1. The van der Waals surface area contributed by atoms with E-state index in [1.165, 1.54) is 10.7 Å². The Bertz CT molecular complexity index is 519. The second kappa shape index (κ2) is 6.59. The van der Waals surface area contributed by atoms with Crippen LogP contribution in [0.1, 0.15) is 37.7 Å². The van der Waals surface area contributed by atoms with E-state index in [2.05, 4.69) is 0 Å². The van der Waals surface area contributed by atoms with E-state index < -0.39 is 10.0 Å². The molecule has 2 rings (SSSR count). The van der Waals surface area contributed by atoms with Crippen LogP contribution in [0.2, 0.25) is 0 Å². The van der Waals surface area contributed by atoms with Gasteiger partial charge >= 0.3 is 0 Å². The molecule has 0 aromatic heterocycles. The lowest BCUT2D eigenvalue weighted by Crippen LogP contribution is -2.32. The van der Waals surface area contributed by atoms with Gasteiger partial charge in [-0.15, -0.1) is 0 Å². The van der Waals surface area contributed by atoms with Crippen molar-refractivity contribution in [2.75, 3.05) is 12.8 Å². The van der Waals surface area contributed by atoms with Crippen LogP contribution in [0, 0.1) is 5.92 Å². The molecule has 0 spiro atoms. The Kier molecular flexibility index (Phi) is 5.05. The molecule has 1 fully saturated rings. The summed E-state index contributed by atoms with van der Waals surface area (Å²) in [4.78, 5) is 0. The number of nitrogens with zero attached hydrogens (tertiary/aromatic N) is 1. The monoisotopic (exact) mass is 297 g/mol. The summed E-state index contributed by atoms with van der Waals surface area (Å²) < 4.78 is 26.1. The summed E-state index contributed by atoms with van der Waals surface area (Å²) >= 11 is 0. The first-order valence-electron chi connectivity index (χ1n) is 7.19. The van der Waals surface area contributed by atoms with Crippen molar-refractivity contribution in [2.45, 2.75) is 38.6 Å². The van der Waals surface area contributed by atoms with Crippen molar-refractivity contribution in [3.05, 3.63) is 29.8 Å². The van der Waals surface area contributed by atoms with Crippen molar-refractivity contribution in [1.29, 1.82) is 0 Å². The van der Waals surface area contributed by atoms with E-state index in [1.54, 1.807) is 31.3 Å². The summed E-state index contributed by atoms with van der Waals surface area (Å²) in [5.41, 5.74) is 0.887. The first-order valence-corrected chi connectivity index (χ1v) is 8.80. The molecular weight excluding hydrogens is 274 g/mol. The summed E-state index contributed by atoms with van der Waals surface area (Å²) in [5, 5.41) is 9.24. The van der Waals surface area contributed by atoms with Gasteiger partial charge in [0, 0.05) is 13.6 Å². The van der Waals surface area contributed by atoms with Crippen molar-refractivity contribution < 1.29 is 13.5 Å². The molecule has 0 heterocycles. The molecule has 0 unspecified atom stereocenters. The number of benzene rings is 1. The molecule has 1 aromatic carbocycles. The third-order valence-corrected chi connectivity index (χ3v) is 5.96. The molecule has 20 heavy (non-hydrogen) atoms. The highest BCUT2D eigenvalue weighted by Crippen LogP contribution is 2.26. The first kappa shape index (κ1) is 15.3. The van der Waals surface area contributed by atoms with Gasteiger partial charge in [-0.1, -0.05) is 31.4 Å². The van der Waals surface area contributed by atoms with Gasteiger partial charge in [0.15, 0.2) is 0 Å². The maximum atomic E-state index is 12.3. The Morgan fingerprint density at radius 2 is 1.75 bits per heavy atom. The van der Waals surface area contributed by atoms with Gasteiger partial charge < -0.3 is 5.11 Å². The molecule has 0 atom stereocenters. The van der Waals surface area contributed by atoms with Crippen molar-refractivity contribution in [1.82, 2.24) is 4.31 Å². The summed E-state index contributed by atoms with van der Waals surface area (Å²) in [7, 11) is -1.57. The zero-order valence-corrected chi connectivity index (χ0v) is 12.8. The van der Waals surface area contributed by atoms with E-state index in [0.717, 1.165) is 31.2 Å². The molecule has 1 aliphatic rings. The normalized spacial score (nSPS) is 17.5. The van der Waals surface area contributed by atoms with Gasteiger partial charge in [0.25, 0.3) is 0 Å². The summed E-state index contributed by atoms with van der Waals surface area (Å²) in [6, 6.07) is 6.66. The van der Waals surface area contributed by atoms with Gasteiger partial charge in [-0.3, -0.25) is 0 Å². The van der Waals surface area contributed by atoms with E-state index in [0.29, 0.717) is 12.5 Å². The molecule has 0 aliphatic heterocycles. The molecule has 0 amide bonds. The molecule has 1 aliphatic carbocycles. The molecule has 5 heteroatoms. The first-order chi connectivity index (χ1) is 9.47. The predicted molar refractivity (Wildman–Crippen MR) is 79.9 cm³/mol. The van der Waals surface area contributed by atoms with E-state index in [9.17, 15) is 13.5 Å². The van der Waals surface area contributed by atoms with Gasteiger partial charge in [-0.05, 0) is 36.5 Å². The van der Waals surface area contributed by atoms with Crippen LogP contribution < -0.4 is 0 Å². The van der Waals surface area contributed by atoms with E-state index >= 15 is 0 Å². The van der Waals surface area contributed by atoms with Crippen LogP contribution in [0.5, 0.6) is 5.75 Å². The standard InChI is InChI=1S/C15H23NO3S/c1-16(11-13-7-9-15(17)10-8-13)20(18,19)12-14-5-3-2-4-6-14/h7-10,14,17H,2-6,11-12H2,1H3. The molecule has 0 radical (unpaired) electrons. The number of hydrogen-bond acceptors (Lipinski definition) is 3. The molecule has 0 bridgehead atoms. The maximum Gasteiger partial charge on any atom is 0.214 e. The number of phenolic OH excluding ortho intramolecular Hbond substituents is 1. The topological polar surface area (TPSA) is 57.6 Å². The molecular formula is C15H23NO3S. The molecule has 1 aromatic rings. The van der Waals surface area contributed by atoms with Crippen LogP contribution in [0.4, 0.5) is 0 Å². The smallest absolute Gasteiger partial charge is 0.214 e. The lowest BCUT2D eigenvalue weighted by molar-refractivity contribution is 0.374. The van der Waals surface area contributed by atoms with Crippen LogP contribution in [-0.2, 0) is 16.6 Å². The van der Waals surface area contributed by atoms with Gasteiger partial charge in [0.1, 0.15) is 5.75 Å². The summed E-state index contributed by atoms with van der Waals surface area (Å²) in [6.07, 6.45) is 5.61. The average Bonchev–Trinajstić information content (AvgIpc) is 2.42. The highest BCUT2D eigenvalue weighted by atomic mass is 32.2. The highest BCUT2D eigenvalue weighted by Gasteiger charge is 2.24. The number of rotatable bonds is 5. The second-order valence-corrected chi connectivity index (χ2v) is 7.83. The van der Waals surface area contributed by atoms with Crippen LogP contribution in [0.3, 0.4) is 0 Å². The zero-order valence-electron chi connectivity index (χ0n) is 12.0. The van der Waals surface area contributed by atoms with Crippen LogP contribution in [0.25, 0.3) is 0 Å². The number of phenols is 1. The Hall–Kier alpha value is -1.07. The lowest BCUT2D eigenvalue weighted by atomic mass is 9.91. The average molecular weight is 297 g/mol. The van der Waals surface area contributed by atoms with E-state index in [-0.39, 0.29) is 11.5 Å². The van der Waals surface area contributed by atoms with Crippen LogP contribution in [-0.4, -0.2) is 30.6 Å². The number of hydrogen-bond donors (Lipinski definition) is 1. The third-order valence-electron chi connectivity index (χ3n) is 3.99. The maximum absolute atomic E-state index is 12.3. The predicted octanol–water partition coefficient (Wildman–Crippen LogP) is 2.73. The quantitative estimate of drug-likeness (QED) is 0.909. The Labute approximate surface area is 121 Å². The van der Waals surface area contributed by atoms with Crippen LogP contribution >= 0.6 is 0 Å². The van der Waals surface area contributed by atoms with Crippen molar-refractivity contribution >= 4 is 10.0 Å². The second-order valence-electron chi connectivity index (χ2n) is 5.71. The minimum absolute atomic E-state index is 0.196. The summed E-state index contributed by atoms with van der Waals surface area (Å²) in [5.74, 6) is 0.777. The minimum atomic E-state index is -3.20.